The number of hydrogen-bond acceptors (Lipinski definition) is 11. The number of ketones is 2. The van der Waals surface area contributed by atoms with Gasteiger partial charge in [0.2, 0.25) is 0 Å². The highest BCUT2D eigenvalue weighted by molar-refractivity contribution is 5.90. The van der Waals surface area contributed by atoms with Crippen molar-refractivity contribution < 1.29 is 48.3 Å². The number of carbonyl (C=O) groups is 4. The maximum Gasteiger partial charge on any atom is 0.311 e. The maximum atomic E-state index is 13.9. The van der Waals surface area contributed by atoms with Crippen molar-refractivity contribution in [3.63, 3.8) is 0 Å². The third-order valence-electron chi connectivity index (χ3n) is 19.1. The van der Waals surface area contributed by atoms with Crippen LogP contribution in [0.15, 0.2) is 24.3 Å². The van der Waals surface area contributed by atoms with Gasteiger partial charge in [0.05, 0.1) is 29.5 Å². The third kappa shape index (κ3) is 6.20. The van der Waals surface area contributed by atoms with Gasteiger partial charge in [0, 0.05) is 55.5 Å². The molecule has 1 spiro atoms. The average Bonchev–Trinajstić information content (AvgIpc) is 4.21. The van der Waals surface area contributed by atoms with E-state index < -0.39 is 45.5 Å². The number of piperidine rings is 1. The molecule has 0 aromatic heterocycles. The highest BCUT2D eigenvalue weighted by Gasteiger charge is 2.74. The number of rotatable bonds is 14. The van der Waals surface area contributed by atoms with Crippen molar-refractivity contribution in [1.29, 1.82) is 0 Å². The van der Waals surface area contributed by atoms with Crippen LogP contribution in [0, 0.1) is 28.6 Å². The zero-order valence-electron chi connectivity index (χ0n) is 38.4. The fourth-order valence-electron chi connectivity index (χ4n) is 15.2. The summed E-state index contributed by atoms with van der Waals surface area (Å²) < 4.78 is 25.3. The van der Waals surface area contributed by atoms with Gasteiger partial charge in [-0.25, -0.2) is 0 Å². The van der Waals surface area contributed by atoms with Gasteiger partial charge in [-0.3, -0.25) is 24.1 Å². The number of phenolic OH excluding ortho intramolecular Hbond substituents is 1. The monoisotopic (exact) mass is 877 g/mol. The normalized spacial score (nSPS) is 36.5. The number of esters is 2. The summed E-state index contributed by atoms with van der Waals surface area (Å²) in [5.74, 6) is 1.36. The first-order valence-electron chi connectivity index (χ1n) is 24.8. The standard InChI is InChI=1S/C53H67NO10/c1-5-48(2,29-42(58)63-38-15-13-34-26-40-52(60)19-17-36(56)47-51(52,44(34)46(38)64-47)23-24-54(40)30-32-10-11-32)28-41(57)62-37-14-12-33-25-39-49(3,18-6-7-31-8-9-31)21-22-50(43(33)45(37)59)27-35(55)16-20-53(39,50)61-4/h12-15,31-32,39-40,47,59-60H,5-11,16-30H2,1-4H3/t39-,40+,47-,48?,49?,50?,51?,52+,53+/m0/s1. The molecule has 2 aromatic carbocycles. The molecule has 7 aliphatic carbocycles. The van der Waals surface area contributed by atoms with E-state index in [1.807, 2.05) is 26.0 Å². The maximum absolute atomic E-state index is 13.9. The molecule has 2 aromatic rings. The zero-order chi connectivity index (χ0) is 44.6. The van der Waals surface area contributed by atoms with Crippen LogP contribution in [0.25, 0.3) is 0 Å². The van der Waals surface area contributed by atoms with Crippen molar-refractivity contribution in [2.45, 2.75) is 183 Å². The Morgan fingerprint density at radius 2 is 1.59 bits per heavy atom. The van der Waals surface area contributed by atoms with Crippen molar-refractivity contribution in [3.8, 4) is 23.0 Å². The molecule has 64 heavy (non-hydrogen) atoms. The number of benzene rings is 2. The summed E-state index contributed by atoms with van der Waals surface area (Å²) in [5, 5.41) is 24.9. The predicted octanol–water partition coefficient (Wildman–Crippen LogP) is 8.16. The van der Waals surface area contributed by atoms with E-state index in [-0.39, 0.29) is 65.5 Å². The molecule has 1 saturated heterocycles. The summed E-state index contributed by atoms with van der Waals surface area (Å²) in [6.07, 6.45) is 13.8. The number of fused-ring (bicyclic) bond motifs is 1. The van der Waals surface area contributed by atoms with Crippen LogP contribution in [-0.4, -0.2) is 82.2 Å². The number of Topliss-reactive ketones (excluding diaryl/α,β-unsaturated/α-hetero) is 2. The Hall–Kier alpha value is -3.80. The van der Waals surface area contributed by atoms with Gasteiger partial charge < -0.3 is 29.2 Å². The average molecular weight is 878 g/mol. The van der Waals surface area contributed by atoms with Crippen LogP contribution < -0.4 is 14.2 Å². The fourth-order valence-corrected chi connectivity index (χ4v) is 15.2. The van der Waals surface area contributed by atoms with Crippen LogP contribution in [0.4, 0.5) is 0 Å². The molecule has 9 aliphatic rings. The Labute approximate surface area is 377 Å². The van der Waals surface area contributed by atoms with Crippen LogP contribution in [0.3, 0.4) is 0 Å². The van der Waals surface area contributed by atoms with E-state index in [1.54, 1.807) is 19.2 Å². The lowest BCUT2D eigenvalue weighted by Gasteiger charge is -2.67. The number of ether oxygens (including phenoxy) is 4. The first-order chi connectivity index (χ1) is 30.6. The SMILES string of the molecule is CCC(C)(CC(=O)Oc1ccc2c(c1O)C13CCC(C)(CCCC4CC4)[C@H](C2)[C@]1(OC)CCC(=O)C3)CC(=O)Oc1ccc2c3c1O[C@H]1C(=O)CC[C@@]4(O)[C@@H](C2)N(CC2CC2)CCC314. The molecule has 11 heteroatoms. The van der Waals surface area contributed by atoms with Crippen LogP contribution in [-0.2, 0) is 47.6 Å². The topological polar surface area (TPSA) is 149 Å². The number of nitrogens with zero attached hydrogens (tertiary/aromatic N) is 1. The van der Waals surface area contributed by atoms with E-state index in [2.05, 4.69) is 11.8 Å². The summed E-state index contributed by atoms with van der Waals surface area (Å²) in [7, 11) is 1.78. The second kappa shape index (κ2) is 14.9. The summed E-state index contributed by atoms with van der Waals surface area (Å²) in [6.45, 7) is 7.95. The van der Waals surface area contributed by atoms with Crippen LogP contribution >= 0.6 is 0 Å². The van der Waals surface area contributed by atoms with Crippen LogP contribution in [0.2, 0.25) is 0 Å². The Bertz CT molecular complexity index is 2320. The molecule has 0 radical (unpaired) electrons. The quantitative estimate of drug-likeness (QED) is 0.140. The molecule has 0 amide bonds. The van der Waals surface area contributed by atoms with E-state index >= 15 is 0 Å². The second-order valence-corrected chi connectivity index (χ2v) is 22.7. The molecule has 2 N–H and O–H groups in total. The molecular formula is C53H67NO10. The zero-order valence-corrected chi connectivity index (χ0v) is 38.4. The second-order valence-electron chi connectivity index (χ2n) is 22.7. The number of aliphatic hydroxyl groups is 1. The van der Waals surface area contributed by atoms with Gasteiger partial charge in [0.15, 0.2) is 34.9 Å². The van der Waals surface area contributed by atoms with Crippen molar-refractivity contribution in [2.24, 2.45) is 28.6 Å². The van der Waals surface area contributed by atoms with Crippen molar-refractivity contribution in [3.05, 3.63) is 46.5 Å². The Balaban J connectivity index is 0.816. The molecule has 5 saturated carbocycles. The molecule has 11 nitrogen and oxygen atoms in total. The van der Waals surface area contributed by atoms with Gasteiger partial charge in [0.25, 0.3) is 0 Å². The Morgan fingerprint density at radius 3 is 2.30 bits per heavy atom. The Morgan fingerprint density at radius 1 is 0.891 bits per heavy atom. The summed E-state index contributed by atoms with van der Waals surface area (Å²) in [6, 6.07) is 7.30. The van der Waals surface area contributed by atoms with Gasteiger partial charge in [-0.2, -0.15) is 0 Å². The molecule has 4 bridgehead atoms. The lowest BCUT2D eigenvalue weighted by atomic mass is 9.40. The minimum Gasteiger partial charge on any atom is -0.504 e. The third-order valence-corrected chi connectivity index (χ3v) is 19.1. The first kappa shape index (κ1) is 42.8. The lowest BCUT2D eigenvalue weighted by Crippen LogP contribution is -2.76. The number of likely N-dealkylation sites (tertiary alicyclic amines) is 1. The Kier molecular flexibility index (Phi) is 9.93. The number of phenols is 1. The molecule has 9 atom stereocenters. The number of carbonyl (C=O) groups excluding carboxylic acids is 4. The van der Waals surface area contributed by atoms with Gasteiger partial charge in [-0.15, -0.1) is 0 Å². The molecule has 11 rings (SSSR count). The highest BCUT2D eigenvalue weighted by Crippen LogP contribution is 2.70. The van der Waals surface area contributed by atoms with Gasteiger partial charge in [-0.1, -0.05) is 58.6 Å². The van der Waals surface area contributed by atoms with Gasteiger partial charge in [0.1, 0.15) is 5.78 Å². The largest absolute Gasteiger partial charge is 0.504 e. The number of aromatic hydroxyl groups is 1. The summed E-state index contributed by atoms with van der Waals surface area (Å²) >= 11 is 0. The number of hydrogen-bond donors (Lipinski definition) is 2. The van der Waals surface area contributed by atoms with E-state index in [9.17, 15) is 29.4 Å². The highest BCUT2D eigenvalue weighted by atomic mass is 16.6. The lowest BCUT2D eigenvalue weighted by molar-refractivity contribution is -0.208. The summed E-state index contributed by atoms with van der Waals surface area (Å²) in [5.41, 5.74) is -0.583. The molecule has 4 unspecified atom stereocenters. The summed E-state index contributed by atoms with van der Waals surface area (Å²) in [4.78, 5) is 57.3. The predicted molar refractivity (Wildman–Crippen MR) is 237 cm³/mol. The van der Waals surface area contributed by atoms with E-state index in [0.29, 0.717) is 68.6 Å². The van der Waals surface area contributed by atoms with E-state index in [1.165, 1.54) is 38.5 Å². The minimum atomic E-state index is -1.12. The molecular weight excluding hydrogens is 811 g/mol. The van der Waals surface area contributed by atoms with E-state index in [0.717, 1.165) is 55.0 Å². The van der Waals surface area contributed by atoms with Gasteiger partial charge in [-0.05, 0) is 129 Å². The van der Waals surface area contributed by atoms with Crippen LogP contribution in [0.1, 0.15) is 159 Å². The molecule has 344 valence electrons. The van der Waals surface area contributed by atoms with Crippen LogP contribution in [0.5, 0.6) is 23.0 Å². The van der Waals surface area contributed by atoms with Crippen molar-refractivity contribution in [2.75, 3.05) is 20.2 Å². The number of methoxy groups -OCH3 is 1. The molecule has 6 fully saturated rings. The van der Waals surface area contributed by atoms with E-state index in [4.69, 9.17) is 18.9 Å². The fraction of sp³-hybridized carbons (Fsp3) is 0.698. The smallest absolute Gasteiger partial charge is 0.311 e. The first-order valence-corrected chi connectivity index (χ1v) is 24.8. The minimum absolute atomic E-state index is 0.0207. The van der Waals surface area contributed by atoms with Crippen molar-refractivity contribution >= 4 is 23.5 Å². The van der Waals surface area contributed by atoms with Crippen molar-refractivity contribution in [1.82, 2.24) is 4.90 Å². The van der Waals surface area contributed by atoms with Gasteiger partial charge >= 0.3 is 11.9 Å². The molecule has 2 heterocycles. The molecule has 2 aliphatic heterocycles.